The first-order chi connectivity index (χ1) is 12.2. The second-order valence-electron chi connectivity index (χ2n) is 7.35. The summed E-state index contributed by atoms with van der Waals surface area (Å²) >= 11 is 0. The van der Waals surface area contributed by atoms with Gasteiger partial charge >= 0.3 is 11.7 Å². The summed E-state index contributed by atoms with van der Waals surface area (Å²) in [5.41, 5.74) is 5.17. The molecule has 1 aromatic rings. The summed E-state index contributed by atoms with van der Waals surface area (Å²) in [6.45, 7) is 9.28. The normalized spacial score (nSPS) is 22.6. The Labute approximate surface area is 153 Å². The molecule has 0 aliphatic carbocycles. The van der Waals surface area contributed by atoms with Gasteiger partial charge in [0, 0.05) is 19.0 Å². The molecule has 1 saturated heterocycles. The molecule has 2 heterocycles. The van der Waals surface area contributed by atoms with E-state index in [0.717, 1.165) is 0 Å². The average Bonchev–Trinajstić information content (AvgIpc) is 2.95. The molecule has 7 nitrogen and oxygen atoms in total. The van der Waals surface area contributed by atoms with Crippen LogP contribution in [0.2, 0.25) is 0 Å². The van der Waals surface area contributed by atoms with Gasteiger partial charge < -0.3 is 15.2 Å². The minimum Gasteiger partial charge on any atom is -0.459 e. The molecule has 1 aliphatic rings. The monoisotopic (exact) mass is 361 g/mol. The number of carbonyl (C=O) groups is 1. The predicted molar refractivity (Wildman–Crippen MR) is 98.2 cm³/mol. The van der Waals surface area contributed by atoms with Crippen molar-refractivity contribution >= 4 is 11.8 Å². The summed E-state index contributed by atoms with van der Waals surface area (Å²) < 4.78 is 13.0. The lowest BCUT2D eigenvalue weighted by Gasteiger charge is -2.22. The van der Waals surface area contributed by atoms with Crippen LogP contribution in [0.4, 0.5) is 5.82 Å². The van der Waals surface area contributed by atoms with E-state index in [1.165, 1.54) is 4.57 Å². The predicted octanol–water partition coefficient (Wildman–Crippen LogP) is 2.24. The zero-order valence-corrected chi connectivity index (χ0v) is 16.0. The van der Waals surface area contributed by atoms with Gasteiger partial charge in [0.15, 0.2) is 0 Å². The highest BCUT2D eigenvalue weighted by atomic mass is 16.6. The number of nitrogens with two attached hydrogens (primary N) is 1. The zero-order chi connectivity index (χ0) is 19.5. The van der Waals surface area contributed by atoms with Crippen LogP contribution in [0.3, 0.4) is 0 Å². The summed E-state index contributed by atoms with van der Waals surface area (Å²) in [4.78, 5) is 28.3. The standard InChI is InChI=1S/C19H27N3O4/c1-6-8-9-12-11-22(18(24)21-16(12)20)15-10-14(13(7-2)25-15)26-17(23)19(3,4)5/h11,13-15H,6-7,10H2,1-5H3,(H2,20,21,24)/t13-,14+,15-/m1/s1. The van der Waals surface area contributed by atoms with Crippen molar-refractivity contribution in [2.24, 2.45) is 5.41 Å². The largest absolute Gasteiger partial charge is 0.459 e. The number of nitrogens with zero attached hydrogens (tertiary/aromatic N) is 2. The van der Waals surface area contributed by atoms with Crippen molar-refractivity contribution in [2.45, 2.75) is 72.3 Å². The lowest BCUT2D eigenvalue weighted by molar-refractivity contribution is -0.161. The fourth-order valence-electron chi connectivity index (χ4n) is 2.64. The van der Waals surface area contributed by atoms with E-state index < -0.39 is 23.4 Å². The van der Waals surface area contributed by atoms with Crippen LogP contribution in [-0.4, -0.2) is 27.7 Å². The van der Waals surface area contributed by atoms with Crippen molar-refractivity contribution in [3.63, 3.8) is 0 Å². The number of hydrogen-bond acceptors (Lipinski definition) is 6. The molecule has 0 spiro atoms. The molecule has 0 saturated carbocycles. The molecule has 26 heavy (non-hydrogen) atoms. The summed E-state index contributed by atoms with van der Waals surface area (Å²) in [6.07, 6.45) is 2.03. The summed E-state index contributed by atoms with van der Waals surface area (Å²) in [7, 11) is 0. The van der Waals surface area contributed by atoms with E-state index in [-0.39, 0.29) is 17.9 Å². The molecule has 2 rings (SSSR count). The van der Waals surface area contributed by atoms with Crippen molar-refractivity contribution in [1.82, 2.24) is 9.55 Å². The van der Waals surface area contributed by atoms with Crippen LogP contribution in [-0.2, 0) is 14.3 Å². The van der Waals surface area contributed by atoms with E-state index in [1.54, 1.807) is 27.0 Å². The Morgan fingerprint density at radius 2 is 2.15 bits per heavy atom. The van der Waals surface area contributed by atoms with E-state index in [4.69, 9.17) is 15.2 Å². The first-order valence-corrected chi connectivity index (χ1v) is 8.91. The quantitative estimate of drug-likeness (QED) is 0.655. The third kappa shape index (κ3) is 4.44. The maximum atomic E-state index is 12.3. The molecule has 3 atom stereocenters. The first kappa shape index (κ1) is 20.0. The Hall–Kier alpha value is -2.33. The molecule has 0 unspecified atom stereocenters. The molecule has 142 valence electrons. The minimum atomic E-state index is -0.598. The molecule has 1 aliphatic heterocycles. The van der Waals surface area contributed by atoms with Gasteiger partial charge in [-0.15, -0.1) is 0 Å². The van der Waals surface area contributed by atoms with Gasteiger partial charge in [-0.25, -0.2) is 4.79 Å². The fourth-order valence-corrected chi connectivity index (χ4v) is 2.64. The maximum absolute atomic E-state index is 12.3. The van der Waals surface area contributed by atoms with Crippen LogP contribution in [0.5, 0.6) is 0 Å². The Kier molecular flexibility index (Phi) is 6.09. The SMILES string of the molecule is CCC#Cc1cn([C@H]2C[C@H](OC(=O)C(C)(C)C)[C@@H](CC)O2)c(=O)nc1N. The number of aromatic nitrogens is 2. The Bertz CT molecular complexity index is 783. The highest BCUT2D eigenvalue weighted by Gasteiger charge is 2.40. The number of esters is 1. The summed E-state index contributed by atoms with van der Waals surface area (Å²) in [5.74, 6) is 5.64. The molecule has 0 bridgehead atoms. The van der Waals surface area contributed by atoms with Crippen LogP contribution in [0.15, 0.2) is 11.0 Å². The second kappa shape index (κ2) is 7.92. The molecule has 1 fully saturated rings. The molecular weight excluding hydrogens is 334 g/mol. The molecule has 0 amide bonds. The molecule has 0 aromatic carbocycles. The molecule has 1 aromatic heterocycles. The van der Waals surface area contributed by atoms with E-state index in [0.29, 0.717) is 24.8 Å². The van der Waals surface area contributed by atoms with Gasteiger partial charge in [-0.05, 0) is 27.2 Å². The Morgan fingerprint density at radius 3 is 2.73 bits per heavy atom. The fraction of sp³-hybridized carbons (Fsp3) is 0.632. The summed E-state index contributed by atoms with van der Waals surface area (Å²) in [6, 6.07) is 0. The van der Waals surface area contributed by atoms with Crippen molar-refractivity contribution in [2.75, 3.05) is 5.73 Å². The van der Waals surface area contributed by atoms with Gasteiger partial charge in [0.05, 0.1) is 17.1 Å². The Morgan fingerprint density at radius 1 is 1.46 bits per heavy atom. The van der Waals surface area contributed by atoms with E-state index >= 15 is 0 Å². The van der Waals surface area contributed by atoms with E-state index in [1.807, 2.05) is 13.8 Å². The highest BCUT2D eigenvalue weighted by Crippen LogP contribution is 2.33. The number of hydrogen-bond donors (Lipinski definition) is 1. The van der Waals surface area contributed by atoms with Gasteiger partial charge in [0.2, 0.25) is 0 Å². The molecular formula is C19H27N3O4. The minimum absolute atomic E-state index is 0.105. The van der Waals surface area contributed by atoms with Crippen LogP contribution in [0.25, 0.3) is 0 Å². The maximum Gasteiger partial charge on any atom is 0.351 e. The number of anilines is 1. The topological polar surface area (TPSA) is 96.4 Å². The third-order valence-corrected chi connectivity index (χ3v) is 4.14. The summed E-state index contributed by atoms with van der Waals surface area (Å²) in [5, 5.41) is 0. The van der Waals surface area contributed by atoms with Crippen molar-refractivity contribution in [3.8, 4) is 11.8 Å². The lowest BCUT2D eigenvalue weighted by Crippen LogP contribution is -2.32. The molecule has 7 heteroatoms. The van der Waals surface area contributed by atoms with E-state index in [2.05, 4.69) is 16.8 Å². The molecule has 2 N–H and O–H groups in total. The van der Waals surface area contributed by atoms with E-state index in [9.17, 15) is 9.59 Å². The van der Waals surface area contributed by atoms with Gasteiger partial charge in [0.1, 0.15) is 18.1 Å². The van der Waals surface area contributed by atoms with Crippen LogP contribution >= 0.6 is 0 Å². The zero-order valence-electron chi connectivity index (χ0n) is 16.0. The number of rotatable bonds is 3. The van der Waals surface area contributed by atoms with Gasteiger partial charge in [-0.2, -0.15) is 4.98 Å². The van der Waals surface area contributed by atoms with Crippen LogP contribution < -0.4 is 11.4 Å². The van der Waals surface area contributed by atoms with Crippen molar-refractivity contribution in [3.05, 3.63) is 22.2 Å². The first-order valence-electron chi connectivity index (χ1n) is 8.91. The van der Waals surface area contributed by atoms with Gasteiger partial charge in [0.25, 0.3) is 0 Å². The smallest absolute Gasteiger partial charge is 0.351 e. The van der Waals surface area contributed by atoms with Gasteiger partial charge in [-0.1, -0.05) is 25.7 Å². The van der Waals surface area contributed by atoms with Crippen LogP contribution in [0, 0.1) is 17.3 Å². The second-order valence-corrected chi connectivity index (χ2v) is 7.35. The van der Waals surface area contributed by atoms with Crippen LogP contribution in [0.1, 0.15) is 65.7 Å². The molecule has 0 radical (unpaired) electrons. The highest BCUT2D eigenvalue weighted by molar-refractivity contribution is 5.75. The number of nitrogen functional groups attached to an aromatic ring is 1. The average molecular weight is 361 g/mol. The Balaban J connectivity index is 2.27. The third-order valence-electron chi connectivity index (χ3n) is 4.14. The van der Waals surface area contributed by atoms with Gasteiger partial charge in [-0.3, -0.25) is 9.36 Å². The lowest BCUT2D eigenvalue weighted by atomic mass is 9.97. The van der Waals surface area contributed by atoms with Crippen molar-refractivity contribution < 1.29 is 14.3 Å². The van der Waals surface area contributed by atoms with Crippen molar-refractivity contribution in [1.29, 1.82) is 0 Å². The number of ether oxygens (including phenoxy) is 2. The number of carbonyl (C=O) groups excluding carboxylic acids is 1.